The van der Waals surface area contributed by atoms with Crippen molar-refractivity contribution >= 4 is 15.9 Å². The first-order valence-electron chi connectivity index (χ1n) is 6.64. The van der Waals surface area contributed by atoms with Gasteiger partial charge >= 0.3 is 6.18 Å². The molecule has 6 nitrogen and oxygen atoms in total. The quantitative estimate of drug-likeness (QED) is 0.823. The van der Waals surface area contributed by atoms with Crippen molar-refractivity contribution in [3.05, 3.63) is 54.0 Å². The van der Waals surface area contributed by atoms with Crippen molar-refractivity contribution in [3.8, 4) is 0 Å². The molecule has 2 aromatic rings. The van der Waals surface area contributed by atoms with Crippen LogP contribution in [0.5, 0.6) is 0 Å². The van der Waals surface area contributed by atoms with Crippen LogP contribution in [0.2, 0.25) is 0 Å². The average molecular weight is 362 g/mol. The van der Waals surface area contributed by atoms with Crippen LogP contribution >= 0.6 is 0 Å². The normalized spacial score (nSPS) is 12.1. The summed E-state index contributed by atoms with van der Waals surface area (Å²) in [6, 6.07) is 7.88. The van der Waals surface area contributed by atoms with Gasteiger partial charge in [0.05, 0.1) is 17.7 Å². The number of hydrogen-bond donors (Lipinski definition) is 2. The Morgan fingerprint density at radius 3 is 2.54 bits per heavy atom. The Morgan fingerprint density at radius 1 is 1.17 bits per heavy atom. The first-order valence-corrected chi connectivity index (χ1v) is 8.13. The lowest BCUT2D eigenvalue weighted by Crippen LogP contribution is -2.33. The molecule has 1 aromatic heterocycles. The molecule has 2 N–H and O–H groups in total. The van der Waals surface area contributed by atoms with E-state index in [-0.39, 0.29) is 17.0 Å². The fourth-order valence-electron chi connectivity index (χ4n) is 1.75. The van der Waals surface area contributed by atoms with Gasteiger partial charge in [-0.2, -0.15) is 13.2 Å². The van der Waals surface area contributed by atoms with E-state index in [1.807, 2.05) is 0 Å². The van der Waals surface area contributed by atoms with Crippen LogP contribution in [-0.2, 0) is 16.6 Å². The van der Waals surface area contributed by atoms with E-state index in [9.17, 15) is 26.4 Å². The zero-order valence-corrected chi connectivity index (χ0v) is 12.9. The van der Waals surface area contributed by atoms with E-state index in [2.05, 4.69) is 4.72 Å². The summed E-state index contributed by atoms with van der Waals surface area (Å²) in [7, 11) is -3.95. The lowest BCUT2D eigenvalue weighted by molar-refractivity contribution is -0.123. The van der Waals surface area contributed by atoms with E-state index < -0.39 is 28.7 Å². The van der Waals surface area contributed by atoms with Gasteiger partial charge < -0.3 is 9.73 Å². The second kappa shape index (κ2) is 7.05. The van der Waals surface area contributed by atoms with Crippen molar-refractivity contribution in [2.24, 2.45) is 0 Å². The Bertz CT molecular complexity index is 802. The van der Waals surface area contributed by atoms with Crippen LogP contribution in [0.25, 0.3) is 0 Å². The minimum atomic E-state index is -4.55. The molecule has 0 atom stereocenters. The molecule has 0 bridgehead atoms. The molecule has 0 saturated heterocycles. The minimum absolute atomic E-state index is 0.0974. The Kier molecular flexibility index (Phi) is 5.30. The van der Waals surface area contributed by atoms with Crippen molar-refractivity contribution in [2.45, 2.75) is 17.6 Å². The molecule has 0 aliphatic carbocycles. The highest BCUT2D eigenvalue weighted by molar-refractivity contribution is 7.89. The molecule has 1 aromatic carbocycles. The van der Waals surface area contributed by atoms with Gasteiger partial charge in [-0.25, -0.2) is 13.1 Å². The van der Waals surface area contributed by atoms with E-state index >= 15 is 0 Å². The summed E-state index contributed by atoms with van der Waals surface area (Å²) in [5.74, 6) is -0.631. The third-order valence-electron chi connectivity index (χ3n) is 2.87. The first-order chi connectivity index (χ1) is 11.2. The highest BCUT2D eigenvalue weighted by Gasteiger charge is 2.28. The summed E-state index contributed by atoms with van der Waals surface area (Å²) in [6.07, 6.45) is -3.17. The third kappa shape index (κ3) is 5.10. The van der Waals surface area contributed by atoms with Crippen molar-refractivity contribution in [1.82, 2.24) is 10.0 Å². The number of furan rings is 1. The number of carbonyl (C=O) groups excluding carboxylic acids is 1. The number of amides is 1. The fraction of sp³-hybridized carbons (Fsp3) is 0.214. The van der Waals surface area contributed by atoms with E-state index in [0.29, 0.717) is 5.76 Å². The van der Waals surface area contributed by atoms with Crippen LogP contribution in [0.4, 0.5) is 13.2 Å². The zero-order valence-electron chi connectivity index (χ0n) is 12.1. The van der Waals surface area contributed by atoms with Crippen LogP contribution in [-0.4, -0.2) is 27.0 Å². The van der Waals surface area contributed by atoms with Crippen LogP contribution < -0.4 is 10.0 Å². The highest BCUT2D eigenvalue weighted by atomic mass is 32.2. The maximum atomic E-state index is 12.2. The minimum Gasteiger partial charge on any atom is -0.468 e. The number of halogens is 3. The molecule has 10 heteroatoms. The zero-order chi connectivity index (χ0) is 17.8. The molecule has 0 aliphatic rings. The molecule has 2 rings (SSSR count). The van der Waals surface area contributed by atoms with Gasteiger partial charge in [0, 0.05) is 5.56 Å². The van der Waals surface area contributed by atoms with Gasteiger partial charge in [-0.05, 0) is 30.3 Å². The smallest absolute Gasteiger partial charge is 0.405 e. The van der Waals surface area contributed by atoms with Crippen LogP contribution in [0.3, 0.4) is 0 Å². The van der Waals surface area contributed by atoms with Gasteiger partial charge in [-0.15, -0.1) is 0 Å². The standard InChI is InChI=1S/C14H13F3N2O4S/c15-14(16,17)9-18-13(20)10-3-1-5-12(7-10)24(21,22)19-8-11-4-2-6-23-11/h1-7,19H,8-9H2,(H,18,20). The number of sulfonamides is 1. The molecule has 130 valence electrons. The predicted octanol–water partition coefficient (Wildman–Crippen LogP) is 2.05. The lowest BCUT2D eigenvalue weighted by atomic mass is 10.2. The molecule has 0 fully saturated rings. The Morgan fingerprint density at radius 2 is 1.92 bits per heavy atom. The number of nitrogens with one attached hydrogen (secondary N) is 2. The Hall–Kier alpha value is -2.33. The molecule has 0 radical (unpaired) electrons. The summed E-state index contributed by atoms with van der Waals surface area (Å²) in [5.41, 5.74) is -0.194. The molecule has 0 aliphatic heterocycles. The maximum absolute atomic E-state index is 12.2. The molecule has 0 saturated carbocycles. The van der Waals surface area contributed by atoms with Gasteiger partial charge in [-0.3, -0.25) is 4.79 Å². The second-order valence-corrected chi connectivity index (χ2v) is 6.50. The Balaban J connectivity index is 2.09. The van der Waals surface area contributed by atoms with E-state index in [1.165, 1.54) is 24.5 Å². The van der Waals surface area contributed by atoms with Crippen LogP contribution in [0, 0.1) is 0 Å². The van der Waals surface area contributed by atoms with E-state index in [4.69, 9.17) is 4.42 Å². The molecule has 0 spiro atoms. The fourth-order valence-corrected chi connectivity index (χ4v) is 2.79. The van der Waals surface area contributed by atoms with Gasteiger partial charge in [-0.1, -0.05) is 6.07 Å². The molecule has 1 amide bonds. The van der Waals surface area contributed by atoms with E-state index in [0.717, 1.165) is 6.07 Å². The molecule has 1 heterocycles. The largest absolute Gasteiger partial charge is 0.468 e. The van der Waals surface area contributed by atoms with Crippen LogP contribution in [0.1, 0.15) is 16.1 Å². The van der Waals surface area contributed by atoms with Crippen molar-refractivity contribution in [2.75, 3.05) is 6.54 Å². The summed E-state index contributed by atoms with van der Waals surface area (Å²) < 4.78 is 67.9. The molecule has 0 unspecified atom stereocenters. The van der Waals surface area contributed by atoms with Gasteiger partial charge in [0.25, 0.3) is 5.91 Å². The van der Waals surface area contributed by atoms with Crippen LogP contribution in [0.15, 0.2) is 52.0 Å². The maximum Gasteiger partial charge on any atom is 0.405 e. The van der Waals surface area contributed by atoms with Gasteiger partial charge in [0.2, 0.25) is 10.0 Å². The number of alkyl halides is 3. The lowest BCUT2D eigenvalue weighted by Gasteiger charge is -2.10. The van der Waals surface area contributed by atoms with Gasteiger partial charge in [0.15, 0.2) is 0 Å². The second-order valence-electron chi connectivity index (χ2n) is 4.73. The number of benzene rings is 1. The molecule has 24 heavy (non-hydrogen) atoms. The van der Waals surface area contributed by atoms with Crippen molar-refractivity contribution < 1.29 is 30.8 Å². The summed E-state index contributed by atoms with van der Waals surface area (Å²) >= 11 is 0. The number of hydrogen-bond acceptors (Lipinski definition) is 4. The monoisotopic (exact) mass is 362 g/mol. The molecular weight excluding hydrogens is 349 g/mol. The van der Waals surface area contributed by atoms with Crippen molar-refractivity contribution in [1.29, 1.82) is 0 Å². The first kappa shape index (κ1) is 18.0. The molecular formula is C14H13F3N2O4S. The average Bonchev–Trinajstić information content (AvgIpc) is 3.04. The van der Waals surface area contributed by atoms with Gasteiger partial charge in [0.1, 0.15) is 12.3 Å². The summed E-state index contributed by atoms with van der Waals surface area (Å²) in [4.78, 5) is 11.4. The predicted molar refractivity (Wildman–Crippen MR) is 77.6 cm³/mol. The summed E-state index contributed by atoms with van der Waals surface area (Å²) in [5, 5.41) is 1.68. The van der Waals surface area contributed by atoms with Crippen molar-refractivity contribution in [3.63, 3.8) is 0 Å². The van der Waals surface area contributed by atoms with E-state index in [1.54, 1.807) is 17.4 Å². The third-order valence-corrected chi connectivity index (χ3v) is 4.27. The Labute approximate surface area is 135 Å². The topological polar surface area (TPSA) is 88.4 Å². The number of rotatable bonds is 6. The SMILES string of the molecule is O=C(NCC(F)(F)F)c1cccc(S(=O)(=O)NCc2ccco2)c1. The number of carbonyl (C=O) groups is 1. The highest BCUT2D eigenvalue weighted by Crippen LogP contribution is 2.15. The summed E-state index contributed by atoms with van der Waals surface area (Å²) in [6.45, 7) is -1.60.